The van der Waals surface area contributed by atoms with Crippen LogP contribution in [0.4, 0.5) is 0 Å². The van der Waals surface area contributed by atoms with Crippen molar-refractivity contribution >= 4 is 11.9 Å². The summed E-state index contributed by atoms with van der Waals surface area (Å²) in [5.74, 6) is 0.00615. The first-order valence-corrected chi connectivity index (χ1v) is 6.61. The summed E-state index contributed by atoms with van der Waals surface area (Å²) < 4.78 is 5.08. The molecule has 0 aromatic heterocycles. The van der Waals surface area contributed by atoms with Gasteiger partial charge in [-0.25, -0.2) is 0 Å². The SMILES string of the molecule is COc1ccc(CN(C)C(=O)CCCCC(=O)O)cc1. The van der Waals surface area contributed by atoms with Crippen molar-refractivity contribution in [3.05, 3.63) is 29.8 Å². The highest BCUT2D eigenvalue weighted by atomic mass is 16.5. The smallest absolute Gasteiger partial charge is 0.303 e. The van der Waals surface area contributed by atoms with Crippen LogP contribution in [0.25, 0.3) is 0 Å². The number of hydrogen-bond acceptors (Lipinski definition) is 3. The van der Waals surface area contributed by atoms with Crippen LogP contribution in [0.15, 0.2) is 24.3 Å². The number of ether oxygens (including phenoxy) is 1. The zero-order chi connectivity index (χ0) is 15.0. The molecule has 0 spiro atoms. The molecule has 5 heteroatoms. The molecule has 0 saturated heterocycles. The van der Waals surface area contributed by atoms with Crippen LogP contribution in [0.3, 0.4) is 0 Å². The van der Waals surface area contributed by atoms with E-state index in [0.717, 1.165) is 11.3 Å². The molecule has 0 aliphatic heterocycles. The fraction of sp³-hybridized carbons (Fsp3) is 0.467. The summed E-state index contributed by atoms with van der Waals surface area (Å²) >= 11 is 0. The first kappa shape index (κ1) is 16.0. The van der Waals surface area contributed by atoms with Crippen LogP contribution in [0.1, 0.15) is 31.2 Å². The number of methoxy groups -OCH3 is 1. The fourth-order valence-electron chi connectivity index (χ4n) is 1.84. The van der Waals surface area contributed by atoms with E-state index in [1.54, 1.807) is 19.1 Å². The Bertz CT molecular complexity index is 442. The second kappa shape index (κ2) is 8.19. The van der Waals surface area contributed by atoms with E-state index >= 15 is 0 Å². The summed E-state index contributed by atoms with van der Waals surface area (Å²) in [5, 5.41) is 8.52. The van der Waals surface area contributed by atoms with Gasteiger partial charge in [-0.3, -0.25) is 9.59 Å². The lowest BCUT2D eigenvalue weighted by atomic mass is 10.1. The van der Waals surface area contributed by atoms with Gasteiger partial charge < -0.3 is 14.7 Å². The molecule has 1 amide bonds. The average Bonchev–Trinajstić information content (AvgIpc) is 2.44. The van der Waals surface area contributed by atoms with Crippen molar-refractivity contribution < 1.29 is 19.4 Å². The highest BCUT2D eigenvalue weighted by Gasteiger charge is 2.09. The van der Waals surface area contributed by atoms with Crippen molar-refractivity contribution in [3.8, 4) is 5.75 Å². The monoisotopic (exact) mass is 279 g/mol. The number of carboxylic acid groups (broad SMARTS) is 1. The van der Waals surface area contributed by atoms with E-state index < -0.39 is 5.97 Å². The average molecular weight is 279 g/mol. The molecule has 5 nitrogen and oxygen atoms in total. The third-order valence-electron chi connectivity index (χ3n) is 3.04. The predicted octanol–water partition coefficient (Wildman–Crippen LogP) is 2.30. The van der Waals surface area contributed by atoms with E-state index in [-0.39, 0.29) is 12.3 Å². The van der Waals surface area contributed by atoms with E-state index in [2.05, 4.69) is 0 Å². The minimum Gasteiger partial charge on any atom is -0.497 e. The number of carboxylic acids is 1. The number of benzene rings is 1. The summed E-state index contributed by atoms with van der Waals surface area (Å²) in [5.41, 5.74) is 1.03. The number of amides is 1. The molecular weight excluding hydrogens is 258 g/mol. The van der Waals surface area contributed by atoms with Crippen LogP contribution in [-0.2, 0) is 16.1 Å². The van der Waals surface area contributed by atoms with Crippen molar-refractivity contribution in [1.29, 1.82) is 0 Å². The maximum Gasteiger partial charge on any atom is 0.303 e. The quantitative estimate of drug-likeness (QED) is 0.741. The van der Waals surface area contributed by atoms with Crippen molar-refractivity contribution in [3.63, 3.8) is 0 Å². The second-order valence-corrected chi connectivity index (χ2v) is 4.70. The molecule has 0 heterocycles. The molecule has 0 unspecified atom stereocenters. The third-order valence-corrected chi connectivity index (χ3v) is 3.04. The first-order valence-electron chi connectivity index (χ1n) is 6.61. The third kappa shape index (κ3) is 5.73. The van der Waals surface area contributed by atoms with Crippen LogP contribution in [0.5, 0.6) is 5.75 Å². The van der Waals surface area contributed by atoms with Gasteiger partial charge in [-0.1, -0.05) is 12.1 Å². The molecular formula is C15H21NO4. The topological polar surface area (TPSA) is 66.8 Å². The summed E-state index contributed by atoms with van der Waals surface area (Å²) in [4.78, 5) is 23.9. The molecule has 1 N–H and O–H groups in total. The molecule has 0 aliphatic rings. The molecule has 0 fully saturated rings. The standard InChI is InChI=1S/C15H21NO4/c1-16(14(17)5-3-4-6-15(18)19)11-12-7-9-13(20-2)10-8-12/h7-10H,3-6,11H2,1-2H3,(H,18,19). The van der Waals surface area contributed by atoms with Gasteiger partial charge in [-0.05, 0) is 30.5 Å². The lowest BCUT2D eigenvalue weighted by Gasteiger charge is -2.17. The van der Waals surface area contributed by atoms with E-state index in [4.69, 9.17) is 9.84 Å². The minimum atomic E-state index is -0.816. The van der Waals surface area contributed by atoms with Crippen molar-refractivity contribution in [1.82, 2.24) is 4.90 Å². The molecule has 0 aliphatic carbocycles. The lowest BCUT2D eigenvalue weighted by molar-refractivity contribution is -0.137. The van der Waals surface area contributed by atoms with E-state index in [9.17, 15) is 9.59 Å². The van der Waals surface area contributed by atoms with Gasteiger partial charge in [0.05, 0.1) is 7.11 Å². The zero-order valence-corrected chi connectivity index (χ0v) is 12.0. The molecule has 0 atom stereocenters. The number of carbonyl (C=O) groups excluding carboxylic acids is 1. The van der Waals surface area contributed by atoms with E-state index in [0.29, 0.717) is 25.8 Å². The molecule has 1 aromatic rings. The van der Waals surface area contributed by atoms with Crippen molar-refractivity contribution in [2.24, 2.45) is 0 Å². The Morgan fingerprint density at radius 3 is 2.30 bits per heavy atom. The van der Waals surface area contributed by atoms with Gasteiger partial charge in [-0.15, -0.1) is 0 Å². The van der Waals surface area contributed by atoms with Crippen molar-refractivity contribution in [2.75, 3.05) is 14.2 Å². The lowest BCUT2D eigenvalue weighted by Crippen LogP contribution is -2.25. The van der Waals surface area contributed by atoms with Gasteiger partial charge in [0, 0.05) is 26.4 Å². The fourth-order valence-corrected chi connectivity index (χ4v) is 1.84. The summed E-state index contributed by atoms with van der Waals surface area (Å²) in [7, 11) is 3.37. The Labute approximate surface area is 119 Å². The number of rotatable bonds is 8. The second-order valence-electron chi connectivity index (χ2n) is 4.70. The molecule has 1 rings (SSSR count). The van der Waals surface area contributed by atoms with Gasteiger partial charge >= 0.3 is 5.97 Å². The Morgan fingerprint density at radius 2 is 1.75 bits per heavy atom. The van der Waals surface area contributed by atoms with Crippen LogP contribution in [-0.4, -0.2) is 36.0 Å². The number of nitrogens with zero attached hydrogens (tertiary/aromatic N) is 1. The zero-order valence-electron chi connectivity index (χ0n) is 12.0. The van der Waals surface area contributed by atoms with Crippen molar-refractivity contribution in [2.45, 2.75) is 32.2 Å². The van der Waals surface area contributed by atoms with E-state index in [1.807, 2.05) is 24.3 Å². The van der Waals surface area contributed by atoms with Gasteiger partial charge in [0.2, 0.25) is 5.91 Å². The summed E-state index contributed by atoms with van der Waals surface area (Å²) in [6.07, 6.45) is 1.66. The molecule has 0 bridgehead atoms. The number of unbranched alkanes of at least 4 members (excludes halogenated alkanes) is 1. The minimum absolute atomic E-state index is 0.0335. The van der Waals surface area contributed by atoms with Crippen LogP contribution < -0.4 is 4.74 Å². The van der Waals surface area contributed by atoms with E-state index in [1.165, 1.54) is 0 Å². The number of carbonyl (C=O) groups is 2. The highest BCUT2D eigenvalue weighted by Crippen LogP contribution is 2.13. The Kier molecular flexibility index (Phi) is 6.56. The Morgan fingerprint density at radius 1 is 1.15 bits per heavy atom. The number of aliphatic carboxylic acids is 1. The normalized spacial score (nSPS) is 10.1. The molecule has 110 valence electrons. The van der Waals surface area contributed by atoms with Crippen LogP contribution in [0.2, 0.25) is 0 Å². The largest absolute Gasteiger partial charge is 0.497 e. The molecule has 1 aromatic carbocycles. The highest BCUT2D eigenvalue weighted by molar-refractivity contribution is 5.75. The van der Waals surface area contributed by atoms with Crippen LogP contribution in [0, 0.1) is 0 Å². The molecule has 20 heavy (non-hydrogen) atoms. The summed E-state index contributed by atoms with van der Waals surface area (Å²) in [6.45, 7) is 0.543. The predicted molar refractivity (Wildman–Crippen MR) is 75.6 cm³/mol. The van der Waals surface area contributed by atoms with Gasteiger partial charge in [0.15, 0.2) is 0 Å². The summed E-state index contributed by atoms with van der Waals surface area (Å²) in [6, 6.07) is 7.57. The Hall–Kier alpha value is -2.04. The maximum absolute atomic E-state index is 11.9. The Balaban J connectivity index is 2.34. The first-order chi connectivity index (χ1) is 9.52. The maximum atomic E-state index is 11.9. The van der Waals surface area contributed by atoms with Crippen LogP contribution >= 0.6 is 0 Å². The van der Waals surface area contributed by atoms with Gasteiger partial charge in [0.1, 0.15) is 5.75 Å². The number of hydrogen-bond donors (Lipinski definition) is 1. The molecule has 0 radical (unpaired) electrons. The molecule has 0 saturated carbocycles. The van der Waals surface area contributed by atoms with Gasteiger partial charge in [0.25, 0.3) is 0 Å². The van der Waals surface area contributed by atoms with Gasteiger partial charge in [-0.2, -0.15) is 0 Å².